The minimum absolute atomic E-state index is 0.0261. The van der Waals surface area contributed by atoms with Crippen molar-refractivity contribution in [2.75, 3.05) is 11.5 Å². The van der Waals surface area contributed by atoms with E-state index in [4.69, 9.17) is 10.5 Å². The topological polar surface area (TPSA) is 55.6 Å². The van der Waals surface area contributed by atoms with Crippen molar-refractivity contribution < 1.29 is 9.53 Å². The predicted molar refractivity (Wildman–Crippen MR) is 77.5 cm³/mol. The van der Waals surface area contributed by atoms with Crippen molar-refractivity contribution in [2.24, 2.45) is 5.73 Å². The van der Waals surface area contributed by atoms with Crippen LogP contribution >= 0.6 is 0 Å². The van der Waals surface area contributed by atoms with Crippen molar-refractivity contribution in [2.45, 2.75) is 13.1 Å². The molecule has 1 amide bonds. The van der Waals surface area contributed by atoms with Crippen LogP contribution < -0.4 is 15.4 Å². The summed E-state index contributed by atoms with van der Waals surface area (Å²) in [5.74, 6) is 0.726. The Hall–Kier alpha value is -2.33. The average molecular weight is 268 g/mol. The lowest BCUT2D eigenvalue weighted by molar-refractivity contribution is -0.121. The van der Waals surface area contributed by atoms with Gasteiger partial charge in [-0.3, -0.25) is 4.79 Å². The molecule has 0 aromatic heterocycles. The molecule has 0 saturated carbocycles. The van der Waals surface area contributed by atoms with Gasteiger partial charge in [-0.2, -0.15) is 0 Å². The highest BCUT2D eigenvalue weighted by molar-refractivity contribution is 5.97. The van der Waals surface area contributed by atoms with E-state index in [-0.39, 0.29) is 12.5 Å². The van der Waals surface area contributed by atoms with Crippen LogP contribution in [-0.4, -0.2) is 12.5 Å². The van der Waals surface area contributed by atoms with Gasteiger partial charge in [-0.15, -0.1) is 0 Å². The Morgan fingerprint density at radius 2 is 1.90 bits per heavy atom. The number of anilines is 1. The zero-order valence-electron chi connectivity index (χ0n) is 11.1. The van der Waals surface area contributed by atoms with Crippen LogP contribution in [0, 0.1) is 0 Å². The minimum Gasteiger partial charge on any atom is -0.482 e. The van der Waals surface area contributed by atoms with Gasteiger partial charge in [-0.1, -0.05) is 36.4 Å². The van der Waals surface area contributed by atoms with E-state index >= 15 is 0 Å². The van der Waals surface area contributed by atoms with Gasteiger partial charge < -0.3 is 15.4 Å². The number of ether oxygens (including phenoxy) is 1. The van der Waals surface area contributed by atoms with Crippen LogP contribution in [0.5, 0.6) is 5.75 Å². The van der Waals surface area contributed by atoms with E-state index < -0.39 is 0 Å². The van der Waals surface area contributed by atoms with Crippen LogP contribution in [0.3, 0.4) is 0 Å². The second kappa shape index (κ2) is 5.35. The van der Waals surface area contributed by atoms with Gasteiger partial charge in [0.05, 0.1) is 12.2 Å². The largest absolute Gasteiger partial charge is 0.482 e. The summed E-state index contributed by atoms with van der Waals surface area (Å²) in [5.41, 5.74) is 8.61. The Kier molecular flexibility index (Phi) is 3.39. The van der Waals surface area contributed by atoms with E-state index in [1.165, 1.54) is 0 Å². The molecule has 3 rings (SSSR count). The summed E-state index contributed by atoms with van der Waals surface area (Å²) in [6.07, 6.45) is 0. The first kappa shape index (κ1) is 12.7. The van der Waals surface area contributed by atoms with Crippen LogP contribution in [0.15, 0.2) is 48.5 Å². The Labute approximate surface area is 117 Å². The summed E-state index contributed by atoms with van der Waals surface area (Å²) in [5, 5.41) is 0. The van der Waals surface area contributed by atoms with Crippen molar-refractivity contribution >= 4 is 11.6 Å². The van der Waals surface area contributed by atoms with Crippen LogP contribution in [0.4, 0.5) is 5.69 Å². The Balaban J connectivity index is 1.91. The third-order valence-electron chi connectivity index (χ3n) is 3.38. The fraction of sp³-hybridized carbons (Fsp3) is 0.188. The number of hydrogen-bond donors (Lipinski definition) is 1. The number of rotatable bonds is 3. The molecule has 0 saturated heterocycles. The first-order valence-electron chi connectivity index (χ1n) is 6.58. The van der Waals surface area contributed by atoms with Gasteiger partial charge in [-0.05, 0) is 23.3 Å². The summed E-state index contributed by atoms with van der Waals surface area (Å²) in [6, 6.07) is 15.6. The molecule has 0 unspecified atom stereocenters. The number of amides is 1. The highest BCUT2D eigenvalue weighted by atomic mass is 16.5. The zero-order chi connectivity index (χ0) is 13.9. The molecule has 20 heavy (non-hydrogen) atoms. The molecule has 4 nitrogen and oxygen atoms in total. The number of nitrogens with zero attached hydrogens (tertiary/aromatic N) is 1. The second-order valence-corrected chi connectivity index (χ2v) is 4.76. The number of fused-ring (bicyclic) bond motifs is 1. The van der Waals surface area contributed by atoms with E-state index in [2.05, 4.69) is 0 Å². The molecule has 0 bridgehead atoms. The lowest BCUT2D eigenvalue weighted by Crippen LogP contribution is -2.38. The number of para-hydroxylation sites is 2. The van der Waals surface area contributed by atoms with Gasteiger partial charge >= 0.3 is 0 Å². The molecule has 1 aliphatic heterocycles. The van der Waals surface area contributed by atoms with Crippen molar-refractivity contribution in [3.8, 4) is 5.75 Å². The van der Waals surface area contributed by atoms with Gasteiger partial charge in [0.1, 0.15) is 5.75 Å². The van der Waals surface area contributed by atoms with Crippen molar-refractivity contribution in [3.63, 3.8) is 0 Å². The Morgan fingerprint density at radius 3 is 2.75 bits per heavy atom. The summed E-state index contributed by atoms with van der Waals surface area (Å²) < 4.78 is 5.44. The summed E-state index contributed by atoms with van der Waals surface area (Å²) >= 11 is 0. The third kappa shape index (κ3) is 2.38. The van der Waals surface area contributed by atoms with Gasteiger partial charge in [0.2, 0.25) is 0 Å². The van der Waals surface area contributed by atoms with Gasteiger partial charge in [0.25, 0.3) is 5.91 Å². The number of benzene rings is 2. The first-order chi connectivity index (χ1) is 9.78. The SMILES string of the molecule is NCc1cccc(CN2C(=O)COc3ccccc32)c1. The molecular weight excluding hydrogens is 252 g/mol. The average Bonchev–Trinajstić information content (AvgIpc) is 2.50. The Bertz CT molecular complexity index is 640. The van der Waals surface area contributed by atoms with Crippen LogP contribution in [0.2, 0.25) is 0 Å². The van der Waals surface area contributed by atoms with Gasteiger partial charge in [0.15, 0.2) is 6.61 Å². The standard InChI is InChI=1S/C16H16N2O2/c17-9-12-4-3-5-13(8-12)10-18-14-6-1-2-7-15(14)20-11-16(18)19/h1-8H,9-11,17H2. The second-order valence-electron chi connectivity index (χ2n) is 4.76. The highest BCUT2D eigenvalue weighted by Crippen LogP contribution is 2.32. The monoisotopic (exact) mass is 268 g/mol. The van der Waals surface area contributed by atoms with Gasteiger partial charge in [0, 0.05) is 6.54 Å². The van der Waals surface area contributed by atoms with E-state index in [0.29, 0.717) is 13.1 Å². The van der Waals surface area contributed by atoms with E-state index in [9.17, 15) is 4.79 Å². The Morgan fingerprint density at radius 1 is 1.10 bits per heavy atom. The maximum absolute atomic E-state index is 12.1. The molecule has 1 aliphatic rings. The van der Waals surface area contributed by atoms with E-state index in [0.717, 1.165) is 22.6 Å². The number of carbonyl (C=O) groups excluding carboxylic acids is 1. The number of nitrogens with two attached hydrogens (primary N) is 1. The summed E-state index contributed by atoms with van der Waals surface area (Å²) in [6.45, 7) is 1.13. The molecule has 0 spiro atoms. The van der Waals surface area contributed by atoms with Crippen LogP contribution in [0.25, 0.3) is 0 Å². The number of hydrogen-bond acceptors (Lipinski definition) is 3. The fourth-order valence-corrected chi connectivity index (χ4v) is 2.36. The molecule has 102 valence electrons. The lowest BCUT2D eigenvalue weighted by Gasteiger charge is -2.29. The van der Waals surface area contributed by atoms with Crippen LogP contribution in [0.1, 0.15) is 11.1 Å². The van der Waals surface area contributed by atoms with Crippen LogP contribution in [-0.2, 0) is 17.9 Å². The maximum atomic E-state index is 12.1. The predicted octanol–water partition coefficient (Wildman–Crippen LogP) is 2.07. The van der Waals surface area contributed by atoms with Crippen molar-refractivity contribution in [3.05, 3.63) is 59.7 Å². The molecule has 2 aromatic rings. The number of carbonyl (C=O) groups is 1. The van der Waals surface area contributed by atoms with Crippen molar-refractivity contribution in [1.29, 1.82) is 0 Å². The molecule has 1 heterocycles. The molecule has 0 atom stereocenters. The quantitative estimate of drug-likeness (QED) is 0.927. The molecule has 4 heteroatoms. The highest BCUT2D eigenvalue weighted by Gasteiger charge is 2.24. The minimum atomic E-state index is -0.0261. The third-order valence-corrected chi connectivity index (χ3v) is 3.38. The lowest BCUT2D eigenvalue weighted by atomic mass is 10.1. The fourth-order valence-electron chi connectivity index (χ4n) is 2.36. The molecule has 2 aromatic carbocycles. The normalized spacial score (nSPS) is 13.8. The smallest absolute Gasteiger partial charge is 0.265 e. The van der Waals surface area contributed by atoms with E-state index in [1.807, 2.05) is 48.5 Å². The molecule has 0 fully saturated rings. The maximum Gasteiger partial charge on any atom is 0.265 e. The molecular formula is C16H16N2O2. The summed E-state index contributed by atoms with van der Waals surface area (Å²) in [7, 11) is 0. The zero-order valence-corrected chi connectivity index (χ0v) is 11.1. The van der Waals surface area contributed by atoms with Gasteiger partial charge in [-0.25, -0.2) is 0 Å². The summed E-state index contributed by atoms with van der Waals surface area (Å²) in [4.78, 5) is 13.9. The van der Waals surface area contributed by atoms with E-state index in [1.54, 1.807) is 4.90 Å². The van der Waals surface area contributed by atoms with Crippen molar-refractivity contribution in [1.82, 2.24) is 0 Å². The molecule has 2 N–H and O–H groups in total. The molecule has 0 radical (unpaired) electrons. The molecule has 0 aliphatic carbocycles. The first-order valence-corrected chi connectivity index (χ1v) is 6.58.